The molecular formula is C23H23N7O5. The van der Waals surface area contributed by atoms with Crippen molar-refractivity contribution in [2.24, 2.45) is 7.05 Å². The number of nitro groups is 1. The van der Waals surface area contributed by atoms with Crippen molar-refractivity contribution in [2.45, 2.75) is 26.9 Å². The van der Waals surface area contributed by atoms with Gasteiger partial charge in [0.05, 0.1) is 36.2 Å². The molecule has 3 aromatic heterocycles. The Hall–Kier alpha value is -4.74. The van der Waals surface area contributed by atoms with E-state index in [9.17, 15) is 19.7 Å². The molecule has 4 rings (SSSR count). The number of carbonyl (C=O) groups excluding carboxylic acids is 2. The maximum Gasteiger partial charge on any atom is 0.312 e. The van der Waals surface area contributed by atoms with Crippen molar-refractivity contribution in [1.29, 1.82) is 0 Å². The second-order valence-electron chi connectivity index (χ2n) is 7.88. The molecule has 0 saturated carbocycles. The van der Waals surface area contributed by atoms with Crippen molar-refractivity contribution >= 4 is 23.2 Å². The van der Waals surface area contributed by atoms with Gasteiger partial charge in [0.25, 0.3) is 11.8 Å². The number of anilines is 1. The molecule has 0 bridgehead atoms. The number of amides is 2. The SMILES string of the molecule is Cc1nn(Cc2cccc(C(=O)Nc3cnn(C)c3C(=O)NCc3ccco3)c2)c(C)c1[N+](=O)[O-]. The molecule has 4 aromatic rings. The van der Waals surface area contributed by atoms with Crippen LogP contribution in [0.1, 0.15) is 43.6 Å². The van der Waals surface area contributed by atoms with E-state index in [4.69, 9.17) is 4.42 Å². The molecular weight excluding hydrogens is 454 g/mol. The number of aromatic nitrogens is 4. The molecule has 12 nitrogen and oxygen atoms in total. The van der Waals surface area contributed by atoms with Gasteiger partial charge in [-0.1, -0.05) is 12.1 Å². The number of hydrogen-bond acceptors (Lipinski definition) is 7. The molecule has 3 heterocycles. The number of hydrogen-bond donors (Lipinski definition) is 2. The average molecular weight is 477 g/mol. The summed E-state index contributed by atoms with van der Waals surface area (Å²) in [5.41, 5.74) is 2.28. The Bertz CT molecular complexity index is 1400. The Morgan fingerprint density at radius 3 is 2.66 bits per heavy atom. The lowest BCUT2D eigenvalue weighted by Gasteiger charge is -2.10. The van der Waals surface area contributed by atoms with E-state index >= 15 is 0 Å². The van der Waals surface area contributed by atoms with Gasteiger partial charge >= 0.3 is 5.69 Å². The van der Waals surface area contributed by atoms with Crippen LogP contribution in [0.5, 0.6) is 0 Å². The van der Waals surface area contributed by atoms with Crippen molar-refractivity contribution < 1.29 is 18.9 Å². The topological polar surface area (TPSA) is 150 Å². The van der Waals surface area contributed by atoms with Gasteiger partial charge in [-0.3, -0.25) is 29.1 Å². The van der Waals surface area contributed by atoms with Gasteiger partial charge in [0.1, 0.15) is 22.8 Å². The van der Waals surface area contributed by atoms with Gasteiger partial charge in [-0.2, -0.15) is 10.2 Å². The Labute approximate surface area is 199 Å². The number of benzene rings is 1. The molecule has 1 aromatic carbocycles. The molecule has 0 aliphatic carbocycles. The van der Waals surface area contributed by atoms with Gasteiger partial charge in [0.15, 0.2) is 0 Å². The summed E-state index contributed by atoms with van der Waals surface area (Å²) in [6.07, 6.45) is 2.92. The van der Waals surface area contributed by atoms with E-state index in [2.05, 4.69) is 20.8 Å². The Morgan fingerprint density at radius 2 is 1.97 bits per heavy atom. The predicted molar refractivity (Wildman–Crippen MR) is 125 cm³/mol. The van der Waals surface area contributed by atoms with E-state index < -0.39 is 16.7 Å². The Balaban J connectivity index is 1.49. The number of carbonyl (C=O) groups is 2. The highest BCUT2D eigenvalue weighted by atomic mass is 16.6. The number of nitrogens with zero attached hydrogens (tertiary/aromatic N) is 5. The molecule has 0 radical (unpaired) electrons. The zero-order valence-corrected chi connectivity index (χ0v) is 19.3. The normalized spacial score (nSPS) is 10.8. The molecule has 0 atom stereocenters. The summed E-state index contributed by atoms with van der Waals surface area (Å²) in [5.74, 6) is -0.258. The molecule has 180 valence electrons. The van der Waals surface area contributed by atoms with Crippen LogP contribution in [0.15, 0.2) is 53.3 Å². The number of aryl methyl sites for hydroxylation is 2. The largest absolute Gasteiger partial charge is 0.467 e. The van der Waals surface area contributed by atoms with Gasteiger partial charge in [-0.15, -0.1) is 0 Å². The molecule has 12 heteroatoms. The van der Waals surface area contributed by atoms with E-state index in [0.717, 1.165) is 5.56 Å². The number of furan rings is 1. The number of rotatable bonds is 8. The van der Waals surface area contributed by atoms with Crippen LogP contribution in [0.25, 0.3) is 0 Å². The van der Waals surface area contributed by atoms with Crippen molar-refractivity contribution in [1.82, 2.24) is 24.9 Å². The summed E-state index contributed by atoms with van der Waals surface area (Å²) in [7, 11) is 1.60. The fourth-order valence-electron chi connectivity index (χ4n) is 3.75. The van der Waals surface area contributed by atoms with Crippen LogP contribution in [-0.4, -0.2) is 36.3 Å². The predicted octanol–water partition coefficient (Wildman–Crippen LogP) is 2.97. The van der Waals surface area contributed by atoms with Crippen molar-refractivity contribution in [3.8, 4) is 0 Å². The van der Waals surface area contributed by atoms with E-state index in [-0.39, 0.29) is 30.2 Å². The van der Waals surface area contributed by atoms with E-state index in [0.29, 0.717) is 22.7 Å². The van der Waals surface area contributed by atoms with Crippen LogP contribution in [0.4, 0.5) is 11.4 Å². The summed E-state index contributed by atoms with van der Waals surface area (Å²) in [5, 5.41) is 25.1. The zero-order valence-electron chi connectivity index (χ0n) is 19.3. The fraction of sp³-hybridized carbons (Fsp3) is 0.217. The van der Waals surface area contributed by atoms with Crippen LogP contribution >= 0.6 is 0 Å². The second kappa shape index (κ2) is 9.63. The Kier molecular flexibility index (Phi) is 6.44. The van der Waals surface area contributed by atoms with Crippen molar-refractivity contribution in [3.05, 3.63) is 92.9 Å². The maximum absolute atomic E-state index is 13.0. The molecule has 0 spiro atoms. The summed E-state index contributed by atoms with van der Waals surface area (Å²) >= 11 is 0. The van der Waals surface area contributed by atoms with Crippen LogP contribution in [0.3, 0.4) is 0 Å². The van der Waals surface area contributed by atoms with Crippen LogP contribution in [0.2, 0.25) is 0 Å². The first kappa shape index (κ1) is 23.4. The lowest BCUT2D eigenvalue weighted by atomic mass is 10.1. The molecule has 0 saturated heterocycles. The van der Waals surface area contributed by atoms with Crippen LogP contribution in [-0.2, 0) is 20.1 Å². The molecule has 0 unspecified atom stereocenters. The second-order valence-corrected chi connectivity index (χ2v) is 7.88. The third kappa shape index (κ3) is 4.95. The highest BCUT2D eigenvalue weighted by Crippen LogP contribution is 2.23. The minimum atomic E-state index is -0.450. The third-order valence-corrected chi connectivity index (χ3v) is 5.45. The summed E-state index contributed by atoms with van der Waals surface area (Å²) in [6.45, 7) is 3.67. The average Bonchev–Trinajstić information content (AvgIpc) is 3.52. The van der Waals surface area contributed by atoms with E-state index in [1.165, 1.54) is 21.8 Å². The summed E-state index contributed by atoms with van der Waals surface area (Å²) in [4.78, 5) is 36.5. The van der Waals surface area contributed by atoms with Gasteiger partial charge in [0.2, 0.25) is 0 Å². The summed E-state index contributed by atoms with van der Waals surface area (Å²) < 4.78 is 8.13. The minimum absolute atomic E-state index is 0.0201. The Morgan fingerprint density at radius 1 is 1.17 bits per heavy atom. The first-order chi connectivity index (χ1) is 16.7. The number of nitrogens with one attached hydrogen (secondary N) is 2. The summed E-state index contributed by atoms with van der Waals surface area (Å²) in [6, 6.07) is 10.3. The lowest BCUT2D eigenvalue weighted by Crippen LogP contribution is -2.26. The fourth-order valence-corrected chi connectivity index (χ4v) is 3.75. The third-order valence-electron chi connectivity index (χ3n) is 5.45. The minimum Gasteiger partial charge on any atom is -0.467 e. The quantitative estimate of drug-likeness (QED) is 0.292. The highest BCUT2D eigenvalue weighted by molar-refractivity contribution is 6.08. The monoisotopic (exact) mass is 477 g/mol. The van der Waals surface area contributed by atoms with Crippen molar-refractivity contribution in [2.75, 3.05) is 5.32 Å². The van der Waals surface area contributed by atoms with Gasteiger partial charge in [0, 0.05) is 12.6 Å². The maximum atomic E-state index is 13.0. The first-order valence-electron chi connectivity index (χ1n) is 10.7. The highest BCUT2D eigenvalue weighted by Gasteiger charge is 2.22. The molecule has 0 fully saturated rings. The van der Waals surface area contributed by atoms with Crippen LogP contribution in [0, 0.1) is 24.0 Å². The molecule has 2 N–H and O–H groups in total. The standard InChI is InChI=1S/C23H23N7O5/c1-14-20(30(33)34)15(2)29(27-14)13-16-6-4-7-17(10-16)22(31)26-19-12-25-28(3)21(19)23(32)24-11-18-8-5-9-35-18/h4-10,12H,11,13H2,1-3H3,(H,24,32)(H,26,31). The van der Waals surface area contributed by atoms with Crippen LogP contribution < -0.4 is 10.6 Å². The van der Waals surface area contributed by atoms with Gasteiger partial charge in [-0.05, 0) is 43.7 Å². The van der Waals surface area contributed by atoms with Gasteiger partial charge in [-0.25, -0.2) is 0 Å². The molecule has 35 heavy (non-hydrogen) atoms. The zero-order chi connectivity index (χ0) is 25.1. The van der Waals surface area contributed by atoms with E-state index in [1.54, 1.807) is 57.3 Å². The molecule has 0 aliphatic heterocycles. The lowest BCUT2D eigenvalue weighted by molar-refractivity contribution is -0.386. The van der Waals surface area contributed by atoms with Crippen molar-refractivity contribution in [3.63, 3.8) is 0 Å². The smallest absolute Gasteiger partial charge is 0.312 e. The van der Waals surface area contributed by atoms with E-state index in [1.807, 2.05) is 0 Å². The first-order valence-corrected chi connectivity index (χ1v) is 10.7. The molecule has 2 amide bonds. The van der Waals surface area contributed by atoms with Gasteiger partial charge < -0.3 is 15.1 Å². The molecule has 0 aliphatic rings.